The fourth-order valence-electron chi connectivity index (χ4n) is 1.54. The molecule has 0 aromatic heterocycles. The minimum atomic E-state index is -3.06. The lowest BCUT2D eigenvalue weighted by Gasteiger charge is -2.21. The molecule has 0 saturated heterocycles. The first-order valence-corrected chi connectivity index (χ1v) is 7.28. The highest BCUT2D eigenvalue weighted by molar-refractivity contribution is 7.89. The standard InChI is InChI=1S/C10H22N2O2S/c1-9(2)5-8-15(13,14)12(7-6-11)10-3-4-10/h9-10H,3-8,11H2,1-2H3. The molecule has 0 bridgehead atoms. The number of sulfonamides is 1. The van der Waals surface area contributed by atoms with Gasteiger partial charge in [-0.1, -0.05) is 13.8 Å². The summed E-state index contributed by atoms with van der Waals surface area (Å²) in [6.07, 6.45) is 2.73. The van der Waals surface area contributed by atoms with Crippen LogP contribution >= 0.6 is 0 Å². The van der Waals surface area contributed by atoms with Crippen molar-refractivity contribution in [1.82, 2.24) is 4.31 Å². The average molecular weight is 234 g/mol. The first-order valence-electron chi connectivity index (χ1n) is 5.67. The third kappa shape index (κ3) is 4.09. The van der Waals surface area contributed by atoms with Gasteiger partial charge in [0.05, 0.1) is 5.75 Å². The molecule has 0 aromatic rings. The van der Waals surface area contributed by atoms with E-state index >= 15 is 0 Å². The summed E-state index contributed by atoms with van der Waals surface area (Å²) in [6.45, 7) is 4.97. The fraction of sp³-hybridized carbons (Fsp3) is 1.00. The number of hydrogen-bond donors (Lipinski definition) is 1. The van der Waals surface area contributed by atoms with Crippen LogP contribution in [0.25, 0.3) is 0 Å². The Kier molecular flexibility index (Phi) is 4.55. The molecule has 4 nitrogen and oxygen atoms in total. The second kappa shape index (κ2) is 5.27. The first kappa shape index (κ1) is 12.9. The maximum absolute atomic E-state index is 12.0. The van der Waals surface area contributed by atoms with E-state index in [-0.39, 0.29) is 11.8 Å². The molecule has 0 radical (unpaired) electrons. The molecule has 90 valence electrons. The Balaban J connectivity index is 2.55. The van der Waals surface area contributed by atoms with Crippen LogP contribution in [0.3, 0.4) is 0 Å². The highest BCUT2D eigenvalue weighted by Crippen LogP contribution is 2.29. The van der Waals surface area contributed by atoms with Crippen LogP contribution in [0.2, 0.25) is 0 Å². The van der Waals surface area contributed by atoms with Crippen molar-refractivity contribution < 1.29 is 8.42 Å². The van der Waals surface area contributed by atoms with Crippen molar-refractivity contribution in [2.75, 3.05) is 18.8 Å². The molecule has 2 N–H and O–H groups in total. The molecule has 1 fully saturated rings. The molecule has 0 aliphatic heterocycles. The Morgan fingerprint density at radius 2 is 2.00 bits per heavy atom. The summed E-state index contributed by atoms with van der Waals surface area (Å²) in [5.41, 5.74) is 5.44. The summed E-state index contributed by atoms with van der Waals surface area (Å²) in [5.74, 6) is 0.694. The first-order chi connectivity index (χ1) is 6.97. The summed E-state index contributed by atoms with van der Waals surface area (Å²) >= 11 is 0. The molecule has 5 heteroatoms. The van der Waals surface area contributed by atoms with E-state index in [0.29, 0.717) is 19.0 Å². The van der Waals surface area contributed by atoms with Gasteiger partial charge in [-0.15, -0.1) is 0 Å². The van der Waals surface area contributed by atoms with E-state index in [0.717, 1.165) is 19.3 Å². The molecule has 0 spiro atoms. The van der Waals surface area contributed by atoms with Gasteiger partial charge in [-0.2, -0.15) is 4.31 Å². The molecule has 0 atom stereocenters. The lowest BCUT2D eigenvalue weighted by atomic mass is 10.2. The lowest BCUT2D eigenvalue weighted by Crippen LogP contribution is -2.38. The monoisotopic (exact) mass is 234 g/mol. The van der Waals surface area contributed by atoms with Gasteiger partial charge in [-0.05, 0) is 25.2 Å². The van der Waals surface area contributed by atoms with Crippen LogP contribution in [-0.2, 0) is 10.0 Å². The van der Waals surface area contributed by atoms with Gasteiger partial charge in [-0.3, -0.25) is 0 Å². The zero-order valence-electron chi connectivity index (χ0n) is 9.65. The van der Waals surface area contributed by atoms with E-state index < -0.39 is 10.0 Å². The Labute approximate surface area is 92.9 Å². The molecule has 0 heterocycles. The van der Waals surface area contributed by atoms with E-state index in [4.69, 9.17) is 5.73 Å². The Hall–Kier alpha value is -0.130. The minimum absolute atomic E-state index is 0.241. The van der Waals surface area contributed by atoms with Crippen molar-refractivity contribution >= 4 is 10.0 Å². The van der Waals surface area contributed by atoms with Gasteiger partial charge in [0.2, 0.25) is 10.0 Å². The van der Waals surface area contributed by atoms with Crippen LogP contribution in [0, 0.1) is 5.92 Å². The van der Waals surface area contributed by atoms with Crippen LogP contribution in [-0.4, -0.2) is 37.6 Å². The zero-order valence-corrected chi connectivity index (χ0v) is 10.5. The zero-order chi connectivity index (χ0) is 11.5. The smallest absolute Gasteiger partial charge is 0.214 e. The van der Waals surface area contributed by atoms with E-state index in [1.54, 1.807) is 4.31 Å². The van der Waals surface area contributed by atoms with Crippen molar-refractivity contribution in [2.45, 2.75) is 39.2 Å². The Morgan fingerprint density at radius 3 is 2.40 bits per heavy atom. The molecule has 1 aliphatic rings. The highest BCUT2D eigenvalue weighted by Gasteiger charge is 2.36. The number of nitrogens with two attached hydrogens (primary N) is 1. The van der Waals surface area contributed by atoms with E-state index in [2.05, 4.69) is 0 Å². The quantitative estimate of drug-likeness (QED) is 0.708. The lowest BCUT2D eigenvalue weighted by molar-refractivity contribution is 0.408. The predicted molar refractivity (Wildman–Crippen MR) is 62.0 cm³/mol. The Bertz CT molecular complexity index is 284. The minimum Gasteiger partial charge on any atom is -0.329 e. The van der Waals surface area contributed by atoms with Gasteiger partial charge in [0.15, 0.2) is 0 Å². The number of rotatable bonds is 7. The third-order valence-corrected chi connectivity index (χ3v) is 4.56. The molecule has 1 aliphatic carbocycles. The molecule has 15 heavy (non-hydrogen) atoms. The summed E-state index contributed by atoms with van der Waals surface area (Å²) in [6, 6.07) is 0.241. The van der Waals surface area contributed by atoms with Crippen molar-refractivity contribution in [2.24, 2.45) is 11.7 Å². The average Bonchev–Trinajstić information content (AvgIpc) is 2.94. The van der Waals surface area contributed by atoms with Gasteiger partial charge in [0.25, 0.3) is 0 Å². The highest BCUT2D eigenvalue weighted by atomic mass is 32.2. The second-order valence-electron chi connectivity index (χ2n) is 4.63. The van der Waals surface area contributed by atoms with E-state index in [1.807, 2.05) is 13.8 Å². The summed E-state index contributed by atoms with van der Waals surface area (Å²) in [4.78, 5) is 0. The summed E-state index contributed by atoms with van der Waals surface area (Å²) < 4.78 is 25.6. The van der Waals surface area contributed by atoms with Crippen molar-refractivity contribution in [3.05, 3.63) is 0 Å². The molecule has 1 rings (SSSR count). The SMILES string of the molecule is CC(C)CCS(=O)(=O)N(CCN)C1CC1. The molecular weight excluding hydrogens is 212 g/mol. The van der Waals surface area contributed by atoms with Gasteiger partial charge >= 0.3 is 0 Å². The number of hydrogen-bond acceptors (Lipinski definition) is 3. The van der Waals surface area contributed by atoms with Crippen molar-refractivity contribution in [3.63, 3.8) is 0 Å². The normalized spacial score (nSPS) is 17.7. The largest absolute Gasteiger partial charge is 0.329 e. The van der Waals surface area contributed by atoms with Gasteiger partial charge < -0.3 is 5.73 Å². The van der Waals surface area contributed by atoms with Gasteiger partial charge in [0, 0.05) is 19.1 Å². The van der Waals surface area contributed by atoms with Gasteiger partial charge in [0.1, 0.15) is 0 Å². The fourth-order valence-corrected chi connectivity index (χ4v) is 3.59. The molecule has 0 unspecified atom stereocenters. The number of nitrogens with zero attached hydrogens (tertiary/aromatic N) is 1. The molecule has 0 aromatic carbocycles. The summed E-state index contributed by atoms with van der Waals surface area (Å²) in [5, 5.41) is 0. The maximum atomic E-state index is 12.0. The predicted octanol–water partition coefficient (Wildman–Crippen LogP) is 0.785. The van der Waals surface area contributed by atoms with Crippen molar-refractivity contribution in [1.29, 1.82) is 0 Å². The van der Waals surface area contributed by atoms with Crippen LogP contribution in [0.5, 0.6) is 0 Å². The van der Waals surface area contributed by atoms with Crippen LogP contribution < -0.4 is 5.73 Å². The third-order valence-electron chi connectivity index (χ3n) is 2.61. The van der Waals surface area contributed by atoms with E-state index in [9.17, 15) is 8.42 Å². The van der Waals surface area contributed by atoms with Crippen LogP contribution in [0.15, 0.2) is 0 Å². The van der Waals surface area contributed by atoms with Crippen LogP contribution in [0.1, 0.15) is 33.1 Å². The maximum Gasteiger partial charge on any atom is 0.214 e. The van der Waals surface area contributed by atoms with E-state index in [1.165, 1.54) is 0 Å². The second-order valence-corrected chi connectivity index (χ2v) is 6.67. The molecular formula is C10H22N2O2S. The van der Waals surface area contributed by atoms with Gasteiger partial charge in [-0.25, -0.2) is 8.42 Å². The topological polar surface area (TPSA) is 63.4 Å². The molecule has 1 saturated carbocycles. The van der Waals surface area contributed by atoms with Crippen molar-refractivity contribution in [3.8, 4) is 0 Å². The molecule has 0 amide bonds. The Morgan fingerprint density at radius 1 is 1.40 bits per heavy atom. The summed E-state index contributed by atoms with van der Waals surface area (Å²) in [7, 11) is -3.06. The van der Waals surface area contributed by atoms with Crippen LogP contribution in [0.4, 0.5) is 0 Å².